The van der Waals surface area contributed by atoms with Gasteiger partial charge in [-0.15, -0.1) is 0 Å². The zero-order chi connectivity index (χ0) is 11.7. The van der Waals surface area contributed by atoms with Gasteiger partial charge in [-0.3, -0.25) is 9.80 Å². The normalized spacial score (nSPS) is 32.1. The molecule has 1 unspecified atom stereocenters. The van der Waals surface area contributed by atoms with Crippen molar-refractivity contribution < 1.29 is 14.7 Å². The van der Waals surface area contributed by atoms with Crippen LogP contribution < -0.4 is 5.73 Å². The van der Waals surface area contributed by atoms with Crippen LogP contribution in [0.1, 0.15) is 25.7 Å². The molecule has 0 spiro atoms. The third kappa shape index (κ3) is 1.90. The minimum atomic E-state index is -0.938. The van der Waals surface area contributed by atoms with E-state index in [1.807, 2.05) is 5.01 Å². The molecule has 2 heterocycles. The Hall–Kier alpha value is -1.14. The van der Waals surface area contributed by atoms with E-state index in [-0.39, 0.29) is 5.91 Å². The summed E-state index contributed by atoms with van der Waals surface area (Å²) in [5, 5.41) is 12.3. The lowest BCUT2D eigenvalue weighted by Gasteiger charge is -2.41. The van der Waals surface area contributed by atoms with Gasteiger partial charge < -0.3 is 10.8 Å². The number of amides is 1. The molecule has 0 aromatic rings. The number of carbonyl (C=O) groups excluding carboxylic acids is 1. The van der Waals surface area contributed by atoms with Crippen molar-refractivity contribution in [2.75, 3.05) is 13.1 Å². The largest absolute Gasteiger partial charge is 0.480 e. The zero-order valence-corrected chi connectivity index (χ0v) is 9.13. The number of rotatable bonds is 1. The maximum absolute atomic E-state index is 12.0. The van der Waals surface area contributed by atoms with Crippen molar-refractivity contribution in [1.29, 1.82) is 0 Å². The van der Waals surface area contributed by atoms with Crippen molar-refractivity contribution in [3.8, 4) is 0 Å². The van der Waals surface area contributed by atoms with E-state index in [1.165, 1.54) is 5.01 Å². The second-order valence-corrected chi connectivity index (χ2v) is 4.38. The van der Waals surface area contributed by atoms with Crippen LogP contribution in [-0.2, 0) is 9.59 Å². The minimum Gasteiger partial charge on any atom is -0.480 e. The van der Waals surface area contributed by atoms with Crippen molar-refractivity contribution in [3.05, 3.63) is 0 Å². The summed E-state index contributed by atoms with van der Waals surface area (Å²) in [6, 6.07) is -1.28. The molecule has 0 radical (unpaired) electrons. The first-order valence-corrected chi connectivity index (χ1v) is 5.67. The Bertz CT molecular complexity index is 308. The van der Waals surface area contributed by atoms with Crippen LogP contribution in [0.4, 0.5) is 0 Å². The van der Waals surface area contributed by atoms with Crippen LogP contribution in [0.2, 0.25) is 0 Å². The van der Waals surface area contributed by atoms with Gasteiger partial charge in [-0.2, -0.15) is 0 Å². The van der Waals surface area contributed by atoms with E-state index in [0.29, 0.717) is 12.8 Å². The SMILES string of the molecule is NC1CCCN2CCC[C@@H](C(=O)O)N2C1=O. The number of fused-ring (bicyclic) bond motifs is 1. The first kappa shape index (κ1) is 11.3. The molecule has 1 amide bonds. The van der Waals surface area contributed by atoms with Crippen LogP contribution in [0.5, 0.6) is 0 Å². The van der Waals surface area contributed by atoms with Crippen molar-refractivity contribution in [2.24, 2.45) is 5.73 Å². The molecule has 90 valence electrons. The van der Waals surface area contributed by atoms with Gasteiger partial charge >= 0.3 is 5.97 Å². The summed E-state index contributed by atoms with van der Waals surface area (Å²) in [6.45, 7) is 1.48. The van der Waals surface area contributed by atoms with Crippen molar-refractivity contribution in [1.82, 2.24) is 10.0 Å². The van der Waals surface area contributed by atoms with E-state index < -0.39 is 18.1 Å². The maximum atomic E-state index is 12.0. The lowest BCUT2D eigenvalue weighted by Crippen LogP contribution is -2.60. The Morgan fingerprint density at radius 2 is 1.94 bits per heavy atom. The molecule has 2 atom stereocenters. The fourth-order valence-electron chi connectivity index (χ4n) is 2.42. The van der Waals surface area contributed by atoms with Crippen molar-refractivity contribution in [3.63, 3.8) is 0 Å². The van der Waals surface area contributed by atoms with E-state index in [2.05, 4.69) is 0 Å². The molecule has 2 aliphatic heterocycles. The highest BCUT2D eigenvalue weighted by molar-refractivity contribution is 5.86. The van der Waals surface area contributed by atoms with E-state index in [1.54, 1.807) is 0 Å². The van der Waals surface area contributed by atoms with Crippen LogP contribution in [0.15, 0.2) is 0 Å². The fourth-order valence-corrected chi connectivity index (χ4v) is 2.42. The molecule has 2 rings (SSSR count). The van der Waals surface area contributed by atoms with Crippen LogP contribution in [0.3, 0.4) is 0 Å². The second-order valence-electron chi connectivity index (χ2n) is 4.38. The van der Waals surface area contributed by atoms with Gasteiger partial charge in [0.2, 0.25) is 0 Å². The Balaban J connectivity index is 2.25. The van der Waals surface area contributed by atoms with E-state index in [9.17, 15) is 9.59 Å². The molecule has 0 aliphatic carbocycles. The number of hydrogen-bond acceptors (Lipinski definition) is 4. The van der Waals surface area contributed by atoms with Gasteiger partial charge in [0, 0.05) is 13.1 Å². The summed E-state index contributed by atoms with van der Waals surface area (Å²) in [6.07, 6.45) is 2.81. The molecule has 2 aliphatic rings. The Morgan fingerprint density at radius 1 is 1.31 bits per heavy atom. The molecule has 2 fully saturated rings. The average molecular weight is 227 g/mol. The smallest absolute Gasteiger partial charge is 0.328 e. The molecular formula is C10H17N3O3. The number of aliphatic carboxylic acids is 1. The second kappa shape index (κ2) is 4.39. The Kier molecular flexibility index (Phi) is 3.11. The first-order valence-electron chi connectivity index (χ1n) is 5.67. The number of carboxylic acid groups (broad SMARTS) is 1. The highest BCUT2D eigenvalue weighted by Crippen LogP contribution is 2.23. The quantitative estimate of drug-likeness (QED) is 0.624. The van der Waals surface area contributed by atoms with Crippen molar-refractivity contribution in [2.45, 2.75) is 37.8 Å². The van der Waals surface area contributed by atoms with Gasteiger partial charge in [-0.1, -0.05) is 0 Å². The number of carbonyl (C=O) groups is 2. The lowest BCUT2D eigenvalue weighted by molar-refractivity contribution is -0.173. The summed E-state index contributed by atoms with van der Waals surface area (Å²) in [5.41, 5.74) is 5.74. The lowest BCUT2D eigenvalue weighted by atomic mass is 10.1. The van der Waals surface area contributed by atoms with E-state index in [4.69, 9.17) is 10.8 Å². The third-order valence-electron chi connectivity index (χ3n) is 3.25. The standard InChI is InChI=1S/C10H17N3O3/c11-7-3-1-5-12-6-2-4-8(10(15)16)13(12)9(7)14/h7-8H,1-6,11H2,(H,15,16)/t7?,8-/m0/s1. The fraction of sp³-hybridized carbons (Fsp3) is 0.800. The van der Waals surface area contributed by atoms with Gasteiger partial charge in [0.25, 0.3) is 5.91 Å². The third-order valence-corrected chi connectivity index (χ3v) is 3.25. The van der Waals surface area contributed by atoms with Gasteiger partial charge in [0.1, 0.15) is 6.04 Å². The van der Waals surface area contributed by atoms with Gasteiger partial charge in [0.05, 0.1) is 6.04 Å². The zero-order valence-electron chi connectivity index (χ0n) is 9.13. The molecule has 6 nitrogen and oxygen atoms in total. The predicted octanol–water partition coefficient (Wildman–Crippen LogP) is -0.600. The Morgan fingerprint density at radius 3 is 2.56 bits per heavy atom. The minimum absolute atomic E-state index is 0.246. The van der Waals surface area contributed by atoms with Crippen LogP contribution in [0, 0.1) is 0 Å². The summed E-state index contributed by atoms with van der Waals surface area (Å²) in [4.78, 5) is 23.1. The molecule has 3 N–H and O–H groups in total. The van der Waals surface area contributed by atoms with E-state index >= 15 is 0 Å². The molecule has 0 saturated carbocycles. The topological polar surface area (TPSA) is 86.9 Å². The predicted molar refractivity (Wildman–Crippen MR) is 56.3 cm³/mol. The highest BCUT2D eigenvalue weighted by Gasteiger charge is 2.40. The molecule has 0 aromatic heterocycles. The van der Waals surface area contributed by atoms with Gasteiger partial charge in [-0.25, -0.2) is 9.80 Å². The van der Waals surface area contributed by atoms with Gasteiger partial charge in [0.15, 0.2) is 0 Å². The number of hydrazine groups is 1. The average Bonchev–Trinajstić information content (AvgIpc) is 2.40. The summed E-state index contributed by atoms with van der Waals surface area (Å²) in [7, 11) is 0. The Labute approximate surface area is 94.0 Å². The molecule has 16 heavy (non-hydrogen) atoms. The number of nitrogens with two attached hydrogens (primary N) is 1. The summed E-state index contributed by atoms with van der Waals surface area (Å²) < 4.78 is 0. The molecular weight excluding hydrogens is 210 g/mol. The monoisotopic (exact) mass is 227 g/mol. The van der Waals surface area contributed by atoms with Gasteiger partial charge in [-0.05, 0) is 25.7 Å². The molecule has 0 aromatic carbocycles. The van der Waals surface area contributed by atoms with Crippen LogP contribution >= 0.6 is 0 Å². The summed E-state index contributed by atoms with van der Waals surface area (Å²) >= 11 is 0. The maximum Gasteiger partial charge on any atom is 0.328 e. The summed E-state index contributed by atoms with van der Waals surface area (Å²) in [5.74, 6) is -1.18. The molecule has 6 heteroatoms. The first-order chi connectivity index (χ1) is 7.61. The van der Waals surface area contributed by atoms with Crippen molar-refractivity contribution >= 4 is 11.9 Å². The van der Waals surface area contributed by atoms with E-state index in [0.717, 1.165) is 25.9 Å². The van der Waals surface area contributed by atoms with Crippen LogP contribution in [-0.4, -0.2) is 52.2 Å². The number of nitrogens with zero attached hydrogens (tertiary/aromatic N) is 2. The number of hydrogen-bond donors (Lipinski definition) is 2. The molecule has 2 saturated heterocycles. The highest BCUT2D eigenvalue weighted by atomic mass is 16.4. The number of carboxylic acids is 1. The molecule has 0 bridgehead atoms. The van der Waals surface area contributed by atoms with Crippen LogP contribution in [0.25, 0.3) is 0 Å².